The number of nitrogens with zero attached hydrogens (tertiary/aromatic N) is 1. The van der Waals surface area contributed by atoms with Gasteiger partial charge in [0.1, 0.15) is 0 Å². The smallest absolute Gasteiger partial charge is 0.251 e. The van der Waals surface area contributed by atoms with Gasteiger partial charge in [-0.25, -0.2) is 0 Å². The zero-order valence-corrected chi connectivity index (χ0v) is 15.3. The normalized spacial score (nSPS) is 10.4. The van der Waals surface area contributed by atoms with Crippen LogP contribution in [0.2, 0.25) is 5.02 Å². The molecule has 0 aliphatic heterocycles. The Labute approximate surface area is 153 Å². The Morgan fingerprint density at radius 1 is 1.00 bits per heavy atom. The fourth-order valence-electron chi connectivity index (χ4n) is 2.45. The Hall–Kier alpha value is -2.33. The maximum atomic E-state index is 12.1. The van der Waals surface area contributed by atoms with E-state index in [1.54, 1.807) is 24.0 Å². The summed E-state index contributed by atoms with van der Waals surface area (Å²) in [5.74, 6) is -0.125. The Bertz CT molecular complexity index is 711. The van der Waals surface area contributed by atoms with Crippen LogP contribution in [-0.2, 0) is 11.2 Å². The SMILES string of the molecule is CC(=O)N(CCNC(=O)c1ccc(C)cc1)CCc1ccc(Cl)cc1. The molecule has 0 radical (unpaired) electrons. The first kappa shape index (κ1) is 19.0. The fourth-order valence-corrected chi connectivity index (χ4v) is 2.58. The Morgan fingerprint density at radius 3 is 2.24 bits per heavy atom. The van der Waals surface area contributed by atoms with Crippen molar-refractivity contribution in [2.75, 3.05) is 19.6 Å². The lowest BCUT2D eigenvalue weighted by Crippen LogP contribution is -2.38. The lowest BCUT2D eigenvalue weighted by atomic mass is 10.1. The lowest BCUT2D eigenvalue weighted by molar-refractivity contribution is -0.128. The number of benzene rings is 2. The quantitative estimate of drug-likeness (QED) is 0.823. The Kier molecular flexibility index (Phi) is 7.02. The van der Waals surface area contributed by atoms with Crippen LogP contribution in [0.1, 0.15) is 28.4 Å². The molecule has 0 heterocycles. The molecule has 0 aliphatic rings. The number of rotatable bonds is 7. The first-order valence-corrected chi connectivity index (χ1v) is 8.68. The van der Waals surface area contributed by atoms with Gasteiger partial charge in [-0.05, 0) is 43.2 Å². The third kappa shape index (κ3) is 6.24. The highest BCUT2D eigenvalue weighted by molar-refractivity contribution is 6.30. The summed E-state index contributed by atoms with van der Waals surface area (Å²) in [6.45, 7) is 5.04. The molecule has 1 N–H and O–H groups in total. The van der Waals surface area contributed by atoms with Crippen LogP contribution in [0.5, 0.6) is 0 Å². The lowest BCUT2D eigenvalue weighted by Gasteiger charge is -2.21. The van der Waals surface area contributed by atoms with E-state index in [2.05, 4.69) is 5.32 Å². The number of nitrogens with one attached hydrogen (secondary N) is 1. The van der Waals surface area contributed by atoms with Gasteiger partial charge in [0.15, 0.2) is 0 Å². The molecule has 0 aliphatic carbocycles. The Balaban J connectivity index is 1.80. The number of carbonyl (C=O) groups is 2. The van der Waals surface area contributed by atoms with Crippen molar-refractivity contribution in [3.05, 3.63) is 70.2 Å². The molecule has 132 valence electrons. The Morgan fingerprint density at radius 2 is 1.64 bits per heavy atom. The summed E-state index contributed by atoms with van der Waals surface area (Å²) in [4.78, 5) is 25.6. The highest BCUT2D eigenvalue weighted by Gasteiger charge is 2.10. The van der Waals surface area contributed by atoms with Crippen molar-refractivity contribution in [1.82, 2.24) is 10.2 Å². The van der Waals surface area contributed by atoms with Crippen molar-refractivity contribution in [2.24, 2.45) is 0 Å². The highest BCUT2D eigenvalue weighted by Crippen LogP contribution is 2.10. The average Bonchev–Trinajstić information content (AvgIpc) is 2.59. The number of carbonyl (C=O) groups excluding carboxylic acids is 2. The van der Waals surface area contributed by atoms with Crippen molar-refractivity contribution >= 4 is 23.4 Å². The van der Waals surface area contributed by atoms with Crippen molar-refractivity contribution < 1.29 is 9.59 Å². The molecule has 25 heavy (non-hydrogen) atoms. The number of amides is 2. The van der Waals surface area contributed by atoms with Crippen LogP contribution in [0, 0.1) is 6.92 Å². The summed E-state index contributed by atoms with van der Waals surface area (Å²) in [7, 11) is 0. The van der Waals surface area contributed by atoms with Crippen LogP contribution in [0.25, 0.3) is 0 Å². The second-order valence-corrected chi connectivity index (χ2v) is 6.44. The molecule has 0 aromatic heterocycles. The summed E-state index contributed by atoms with van der Waals surface area (Å²) >= 11 is 5.88. The van der Waals surface area contributed by atoms with Crippen LogP contribution in [0.3, 0.4) is 0 Å². The maximum Gasteiger partial charge on any atom is 0.251 e. The second-order valence-electron chi connectivity index (χ2n) is 6.00. The summed E-state index contributed by atoms with van der Waals surface area (Å²) < 4.78 is 0. The minimum absolute atomic E-state index is 0.00134. The number of hydrogen-bond acceptors (Lipinski definition) is 2. The van der Waals surface area contributed by atoms with Gasteiger partial charge in [-0.1, -0.05) is 41.4 Å². The van der Waals surface area contributed by atoms with Gasteiger partial charge in [-0.2, -0.15) is 0 Å². The van der Waals surface area contributed by atoms with Gasteiger partial charge in [0, 0.05) is 37.1 Å². The van der Waals surface area contributed by atoms with Crippen LogP contribution in [-0.4, -0.2) is 36.3 Å². The molecule has 5 heteroatoms. The molecule has 0 bridgehead atoms. The minimum atomic E-state index is -0.124. The average molecular weight is 359 g/mol. The number of halogens is 1. The van der Waals surface area contributed by atoms with Gasteiger partial charge < -0.3 is 10.2 Å². The van der Waals surface area contributed by atoms with E-state index in [1.807, 2.05) is 43.3 Å². The third-order valence-corrected chi connectivity index (χ3v) is 4.26. The molecule has 0 spiro atoms. The van der Waals surface area contributed by atoms with E-state index in [4.69, 9.17) is 11.6 Å². The fraction of sp³-hybridized carbons (Fsp3) is 0.300. The molecular formula is C20H23ClN2O2. The predicted octanol–water partition coefficient (Wildman–Crippen LogP) is 3.47. The largest absolute Gasteiger partial charge is 0.350 e. The van der Waals surface area contributed by atoms with E-state index in [1.165, 1.54) is 0 Å². The molecule has 4 nitrogen and oxygen atoms in total. The van der Waals surface area contributed by atoms with E-state index in [0.29, 0.717) is 30.2 Å². The first-order chi connectivity index (χ1) is 12.0. The molecule has 2 aromatic rings. The summed E-state index contributed by atoms with van der Waals surface area (Å²) in [6.07, 6.45) is 0.753. The molecule has 0 unspecified atom stereocenters. The van der Waals surface area contributed by atoms with Gasteiger partial charge in [-0.3, -0.25) is 9.59 Å². The molecule has 0 fully saturated rings. The zero-order chi connectivity index (χ0) is 18.2. The van der Waals surface area contributed by atoms with Crippen molar-refractivity contribution in [2.45, 2.75) is 20.3 Å². The third-order valence-electron chi connectivity index (χ3n) is 4.01. The predicted molar refractivity (Wildman–Crippen MR) is 101 cm³/mol. The summed E-state index contributed by atoms with van der Waals surface area (Å²) in [5.41, 5.74) is 2.86. The van der Waals surface area contributed by atoms with E-state index in [-0.39, 0.29) is 11.8 Å². The van der Waals surface area contributed by atoms with Crippen LogP contribution < -0.4 is 5.32 Å². The maximum absolute atomic E-state index is 12.1. The number of hydrogen-bond donors (Lipinski definition) is 1. The molecule has 2 aromatic carbocycles. The topological polar surface area (TPSA) is 49.4 Å². The summed E-state index contributed by atoms with van der Waals surface area (Å²) in [5, 5.41) is 3.56. The van der Waals surface area contributed by atoms with Crippen LogP contribution in [0.4, 0.5) is 0 Å². The van der Waals surface area contributed by atoms with Crippen LogP contribution in [0.15, 0.2) is 48.5 Å². The summed E-state index contributed by atoms with van der Waals surface area (Å²) in [6, 6.07) is 15.0. The molecular weight excluding hydrogens is 336 g/mol. The highest BCUT2D eigenvalue weighted by atomic mass is 35.5. The first-order valence-electron chi connectivity index (χ1n) is 8.30. The molecule has 0 atom stereocenters. The molecule has 0 saturated heterocycles. The van der Waals surface area contributed by atoms with Crippen LogP contribution >= 0.6 is 11.6 Å². The van der Waals surface area contributed by atoms with Crippen molar-refractivity contribution in [1.29, 1.82) is 0 Å². The van der Waals surface area contributed by atoms with Gasteiger partial charge in [0.25, 0.3) is 5.91 Å². The molecule has 2 amide bonds. The minimum Gasteiger partial charge on any atom is -0.350 e. The van der Waals surface area contributed by atoms with Crippen molar-refractivity contribution in [3.63, 3.8) is 0 Å². The molecule has 0 saturated carbocycles. The van der Waals surface area contributed by atoms with Gasteiger partial charge in [0.05, 0.1) is 0 Å². The standard InChI is InChI=1S/C20H23ClN2O2/c1-15-3-7-18(8-4-15)20(25)22-12-14-23(16(2)24)13-11-17-5-9-19(21)10-6-17/h3-10H,11-14H2,1-2H3,(H,22,25). The van der Waals surface area contributed by atoms with E-state index in [0.717, 1.165) is 17.5 Å². The number of aryl methyl sites for hydroxylation is 1. The monoisotopic (exact) mass is 358 g/mol. The van der Waals surface area contributed by atoms with Gasteiger partial charge >= 0.3 is 0 Å². The van der Waals surface area contributed by atoms with E-state index >= 15 is 0 Å². The zero-order valence-electron chi connectivity index (χ0n) is 14.6. The van der Waals surface area contributed by atoms with E-state index in [9.17, 15) is 9.59 Å². The van der Waals surface area contributed by atoms with Gasteiger partial charge in [0.2, 0.25) is 5.91 Å². The second kappa shape index (κ2) is 9.23. The van der Waals surface area contributed by atoms with E-state index < -0.39 is 0 Å². The van der Waals surface area contributed by atoms with Crippen molar-refractivity contribution in [3.8, 4) is 0 Å². The van der Waals surface area contributed by atoms with Gasteiger partial charge in [-0.15, -0.1) is 0 Å². The molecule has 2 rings (SSSR count).